The van der Waals surface area contributed by atoms with Crippen molar-refractivity contribution in [3.63, 3.8) is 0 Å². The number of unbranched alkanes of at least 4 members (excludes halogenated alkanes) is 2. The lowest BCUT2D eigenvalue weighted by atomic mass is 9.98. The number of rotatable bonds is 32. The van der Waals surface area contributed by atoms with Crippen LogP contribution in [-0.4, -0.2) is 214 Å². The number of hydrogen-bond donors (Lipinski definition) is 2. The first-order valence-corrected chi connectivity index (χ1v) is 24.2. The van der Waals surface area contributed by atoms with Gasteiger partial charge in [0, 0.05) is 92.2 Å². The van der Waals surface area contributed by atoms with Crippen LogP contribution in [0.1, 0.15) is 97.4 Å². The fourth-order valence-corrected chi connectivity index (χ4v) is 7.80. The topological polar surface area (TPSA) is 364 Å². The largest absolute Gasteiger partial charge is 0.480 e. The predicted molar refractivity (Wildman–Crippen MR) is 264 cm³/mol. The first kappa shape index (κ1) is 54.6. The van der Waals surface area contributed by atoms with Crippen molar-refractivity contribution in [2.45, 2.75) is 149 Å². The molecule has 29 heteroatoms. The first-order valence-electron chi connectivity index (χ1n) is 29.8. The van der Waals surface area contributed by atoms with Gasteiger partial charge < -0.3 is 76.9 Å². The van der Waals surface area contributed by atoms with Gasteiger partial charge in [-0.15, -0.1) is 0 Å². The maximum absolute atomic E-state index is 14.5. The SMILES string of the molecule is [2H]CC(=O)OC[C@H]1OC(OCCN(CCOC2O[C@H](COC(=O)C[2H])[C@@H](OC(=O)C[2H])[C@H](OC(=O)C[2H])[C@@H]2OC(=O)C[2H])C(=O)CN(CC(=O)O)CC(=O)NCCCCCC(=O)OCc2ccccc2)[C@@H](OC(=O)C[2H])[C@@H](OC(=O)C[2H])[C@@H]1OC(=O)C[2H]. The minimum Gasteiger partial charge on any atom is -0.480 e. The Morgan fingerprint density at radius 1 is 0.537 bits per heavy atom. The molecule has 0 bridgehead atoms. The number of benzene rings is 1. The van der Waals surface area contributed by atoms with Gasteiger partial charge in [-0.05, 0) is 18.4 Å². The summed E-state index contributed by atoms with van der Waals surface area (Å²) in [5, 5.41) is 12.5. The quantitative estimate of drug-likeness (QED) is 0.0537. The van der Waals surface area contributed by atoms with Crippen molar-refractivity contribution in [2.75, 3.05) is 65.7 Å². The third-order valence-corrected chi connectivity index (χ3v) is 11.0. The lowest BCUT2D eigenvalue weighted by Crippen LogP contribution is -2.63. The molecule has 2 heterocycles. The van der Waals surface area contributed by atoms with Crippen molar-refractivity contribution >= 4 is 71.5 Å². The van der Waals surface area contributed by atoms with Crippen LogP contribution >= 0.6 is 0 Å². The van der Waals surface area contributed by atoms with Gasteiger partial charge in [-0.1, -0.05) is 36.8 Å². The van der Waals surface area contributed by atoms with Gasteiger partial charge in [0.15, 0.2) is 49.2 Å². The zero-order valence-corrected chi connectivity index (χ0v) is 43.5. The number of nitrogens with one attached hydrogen (secondary N) is 1. The molecule has 1 aromatic rings. The average molecular weight is 1150 g/mol. The Hall–Kier alpha value is -7.34. The molecule has 10 atom stereocenters. The number of aliphatic carboxylic acids is 1. The number of hydrogen-bond acceptors (Lipinski definition) is 26. The van der Waals surface area contributed by atoms with Gasteiger partial charge in [0.1, 0.15) is 32.0 Å². The third kappa shape index (κ3) is 25.2. The molecule has 29 nitrogen and oxygen atoms in total. The molecule has 2 aliphatic rings. The van der Waals surface area contributed by atoms with E-state index < -0.39 is 247 Å². The van der Waals surface area contributed by atoms with Crippen LogP contribution in [0.5, 0.6) is 0 Å². The normalized spacial score (nSPS) is 23.6. The van der Waals surface area contributed by atoms with E-state index in [0.717, 1.165) is 15.4 Å². The van der Waals surface area contributed by atoms with E-state index in [9.17, 15) is 62.6 Å². The Kier molecular flexibility index (Phi) is 23.6. The van der Waals surface area contributed by atoms with E-state index in [1.165, 1.54) is 0 Å². The number of carboxylic acids is 1. The molecule has 2 amide bonds. The maximum Gasteiger partial charge on any atom is 0.317 e. The zero-order chi connectivity index (χ0) is 65.1. The van der Waals surface area contributed by atoms with Crippen LogP contribution in [-0.2, 0) is 126 Å². The lowest BCUT2D eigenvalue weighted by Gasteiger charge is -2.44. The molecule has 2 N–H and O–H groups in total. The van der Waals surface area contributed by atoms with Gasteiger partial charge in [-0.25, -0.2) is 0 Å². The van der Waals surface area contributed by atoms with Gasteiger partial charge in [-0.3, -0.25) is 62.4 Å². The molecule has 2 fully saturated rings. The fraction of sp³-hybridized carbons (Fsp3) is 0.647. The second-order valence-corrected chi connectivity index (χ2v) is 17.1. The van der Waals surface area contributed by atoms with E-state index >= 15 is 0 Å². The minimum atomic E-state index is -2.00. The average Bonchev–Trinajstić information content (AvgIpc) is 0.942. The molecule has 3 rings (SSSR count). The van der Waals surface area contributed by atoms with E-state index in [-0.39, 0.29) is 19.6 Å². The number of amides is 2. The van der Waals surface area contributed by atoms with Crippen LogP contribution in [0.15, 0.2) is 30.3 Å². The lowest BCUT2D eigenvalue weighted by molar-refractivity contribution is -0.309. The maximum atomic E-state index is 14.5. The van der Waals surface area contributed by atoms with Crippen molar-refractivity contribution < 1.29 is 135 Å². The second kappa shape index (κ2) is 34.6. The highest BCUT2D eigenvalue weighted by atomic mass is 16.7. The number of carboxylic acid groups (broad SMARTS) is 1. The van der Waals surface area contributed by atoms with Crippen LogP contribution in [0.4, 0.5) is 0 Å². The Morgan fingerprint density at radius 2 is 0.988 bits per heavy atom. The Bertz CT molecular complexity index is 2350. The van der Waals surface area contributed by atoms with Crippen molar-refractivity contribution in [1.29, 1.82) is 0 Å². The first-order chi connectivity index (χ1) is 42.1. The van der Waals surface area contributed by atoms with Crippen LogP contribution in [0, 0.1) is 0 Å². The summed E-state index contributed by atoms with van der Waals surface area (Å²) < 4.78 is 131. The van der Waals surface area contributed by atoms with E-state index in [1.807, 2.05) is 6.07 Å². The highest BCUT2D eigenvalue weighted by molar-refractivity contribution is 5.82. The van der Waals surface area contributed by atoms with Gasteiger partial charge in [-0.2, -0.15) is 0 Å². The summed E-state index contributed by atoms with van der Waals surface area (Å²) in [6.07, 6.45) is -17.8. The standard InChI is InChI=1S/C51H71N3O26/c1-29(55)70-27-38-44(73-31(3)57)46(75-33(5)59)48(77-35(7)61)50(79-38)68-21-19-54(20-22-69-51-49(78-36(8)62)47(76-34(6)60)45(74-32(4)58)39(80-51)28-71-30(2)56)41(64)24-53(25-42(65)66)23-40(63)52-18-14-10-13-17-43(67)72-26-37-15-11-9-12-16-37/h9,11-12,15-16,38-39,44-51H,10,13-14,17-28H2,1-8H3,(H,52,63)(H,65,66)/t38-,39-,44-,45-,46+,47+,48+,49+,50?,51?/m1/s1/i1D,2D,3D,4D,5D,6D,7D,8D. The number of carbonyl (C=O) groups excluding carboxylic acids is 11. The summed E-state index contributed by atoms with van der Waals surface area (Å²) in [5.41, 5.74) is 0.805. The highest BCUT2D eigenvalue weighted by Crippen LogP contribution is 2.32. The smallest absolute Gasteiger partial charge is 0.317 e. The fourth-order valence-electron chi connectivity index (χ4n) is 7.80. The van der Waals surface area contributed by atoms with E-state index in [2.05, 4.69) is 5.32 Å². The summed E-state index contributed by atoms with van der Waals surface area (Å²) in [7, 11) is 0. The van der Waals surface area contributed by atoms with Crippen LogP contribution in [0.2, 0.25) is 0 Å². The Labute approximate surface area is 471 Å². The van der Waals surface area contributed by atoms with Gasteiger partial charge in [0.05, 0.1) is 32.8 Å². The van der Waals surface area contributed by atoms with Crippen molar-refractivity contribution in [1.82, 2.24) is 15.1 Å². The van der Waals surface area contributed by atoms with Crippen LogP contribution < -0.4 is 5.32 Å². The number of nitrogens with zero attached hydrogens (tertiary/aromatic N) is 2. The van der Waals surface area contributed by atoms with Crippen LogP contribution in [0.3, 0.4) is 0 Å². The van der Waals surface area contributed by atoms with Gasteiger partial charge in [0.25, 0.3) is 0 Å². The number of ether oxygens (including phenoxy) is 13. The zero-order valence-electron chi connectivity index (χ0n) is 51.5. The molecule has 80 heavy (non-hydrogen) atoms. The van der Waals surface area contributed by atoms with Crippen LogP contribution in [0.25, 0.3) is 0 Å². The molecular formula is C51H71N3O26. The second-order valence-electron chi connectivity index (χ2n) is 17.1. The Balaban J connectivity index is 2.01. The summed E-state index contributed by atoms with van der Waals surface area (Å²) in [6, 6.07) is 9.02. The minimum absolute atomic E-state index is 0.0738. The Morgan fingerprint density at radius 3 is 1.44 bits per heavy atom. The van der Waals surface area contributed by atoms with Gasteiger partial charge in [0.2, 0.25) is 11.8 Å². The molecule has 1 aromatic carbocycles. The van der Waals surface area contributed by atoms with Crippen molar-refractivity contribution in [2.24, 2.45) is 0 Å². The van der Waals surface area contributed by atoms with E-state index in [4.69, 9.17) is 72.5 Å². The van der Waals surface area contributed by atoms with E-state index in [1.54, 1.807) is 24.3 Å². The monoisotopic (exact) mass is 1150 g/mol. The molecule has 0 aliphatic carbocycles. The van der Waals surface area contributed by atoms with Gasteiger partial charge >= 0.3 is 59.7 Å². The number of esters is 9. The molecule has 0 radical (unpaired) electrons. The molecular weight excluding hydrogens is 1070 g/mol. The third-order valence-electron chi connectivity index (χ3n) is 11.0. The molecule has 2 saturated heterocycles. The molecule has 446 valence electrons. The van der Waals surface area contributed by atoms with Crippen molar-refractivity contribution in [3.8, 4) is 0 Å². The van der Waals surface area contributed by atoms with Crippen molar-refractivity contribution in [3.05, 3.63) is 35.9 Å². The molecule has 2 unspecified atom stereocenters. The summed E-state index contributed by atoms with van der Waals surface area (Å²) in [5.74, 6) is -13.7. The molecule has 0 spiro atoms. The summed E-state index contributed by atoms with van der Waals surface area (Å²) in [4.78, 5) is 154. The molecule has 0 aromatic heterocycles. The molecule has 0 saturated carbocycles. The summed E-state index contributed by atoms with van der Waals surface area (Å²) >= 11 is 0. The number of carbonyl (C=O) groups is 12. The summed E-state index contributed by atoms with van der Waals surface area (Å²) in [6.45, 7) is -14.9. The predicted octanol–water partition coefficient (Wildman–Crippen LogP) is -0.179. The highest BCUT2D eigenvalue weighted by Gasteiger charge is 2.54. The van der Waals surface area contributed by atoms with E-state index in [0.29, 0.717) is 19.3 Å². The molecule has 2 aliphatic heterocycles.